The van der Waals surface area contributed by atoms with E-state index in [9.17, 15) is 4.79 Å². The van der Waals surface area contributed by atoms with Crippen LogP contribution in [-0.2, 0) is 9.53 Å². The third-order valence-corrected chi connectivity index (χ3v) is 4.69. The minimum atomic E-state index is -0.138. The molecular formula is C18H36IN3O2. The van der Waals surface area contributed by atoms with Crippen molar-refractivity contribution in [1.82, 2.24) is 10.6 Å². The van der Waals surface area contributed by atoms with Crippen molar-refractivity contribution in [2.24, 2.45) is 16.8 Å². The maximum absolute atomic E-state index is 11.1. The van der Waals surface area contributed by atoms with Gasteiger partial charge in [-0.1, -0.05) is 13.8 Å². The average molecular weight is 453 g/mol. The lowest BCUT2D eigenvalue weighted by Crippen LogP contribution is -2.45. The Bertz CT molecular complexity index is 367. The van der Waals surface area contributed by atoms with Crippen LogP contribution in [0.3, 0.4) is 0 Å². The third-order valence-electron chi connectivity index (χ3n) is 4.69. The van der Waals surface area contributed by atoms with E-state index < -0.39 is 0 Å². The van der Waals surface area contributed by atoms with Crippen LogP contribution < -0.4 is 10.6 Å². The Morgan fingerprint density at radius 2 is 1.88 bits per heavy atom. The highest BCUT2D eigenvalue weighted by atomic mass is 127. The highest BCUT2D eigenvalue weighted by Crippen LogP contribution is 2.29. The molecular weight excluding hydrogens is 417 g/mol. The average Bonchev–Trinajstić information content (AvgIpc) is 2.54. The summed E-state index contributed by atoms with van der Waals surface area (Å²) in [6.45, 7) is 8.36. The van der Waals surface area contributed by atoms with Crippen LogP contribution >= 0.6 is 24.0 Å². The number of halogens is 1. The minimum Gasteiger partial charge on any atom is -0.469 e. The van der Waals surface area contributed by atoms with Crippen LogP contribution in [0.2, 0.25) is 0 Å². The Morgan fingerprint density at radius 3 is 2.42 bits per heavy atom. The van der Waals surface area contributed by atoms with E-state index in [4.69, 9.17) is 0 Å². The van der Waals surface area contributed by atoms with Gasteiger partial charge in [-0.3, -0.25) is 9.79 Å². The van der Waals surface area contributed by atoms with Crippen molar-refractivity contribution >= 4 is 35.9 Å². The lowest BCUT2D eigenvalue weighted by molar-refractivity contribution is -0.140. The maximum Gasteiger partial charge on any atom is 0.305 e. The second-order valence-electron chi connectivity index (χ2n) is 6.79. The van der Waals surface area contributed by atoms with Gasteiger partial charge in [-0.15, -0.1) is 24.0 Å². The van der Waals surface area contributed by atoms with Gasteiger partial charge in [0.2, 0.25) is 0 Å². The molecule has 1 aliphatic carbocycles. The number of guanidine groups is 1. The molecule has 1 aliphatic rings. The zero-order valence-corrected chi connectivity index (χ0v) is 18.1. The van der Waals surface area contributed by atoms with Crippen LogP contribution in [0.4, 0.5) is 0 Å². The summed E-state index contributed by atoms with van der Waals surface area (Å²) < 4.78 is 4.64. The predicted octanol–water partition coefficient (Wildman–Crippen LogP) is 3.72. The van der Waals surface area contributed by atoms with E-state index in [-0.39, 0.29) is 29.9 Å². The van der Waals surface area contributed by atoms with Crippen molar-refractivity contribution in [2.45, 2.75) is 71.8 Å². The normalized spacial score (nSPS) is 21.1. The Labute approximate surface area is 164 Å². The van der Waals surface area contributed by atoms with Gasteiger partial charge < -0.3 is 15.4 Å². The van der Waals surface area contributed by atoms with E-state index in [0.717, 1.165) is 43.7 Å². The maximum atomic E-state index is 11.1. The molecule has 1 saturated carbocycles. The number of esters is 1. The first-order valence-corrected chi connectivity index (χ1v) is 9.18. The highest BCUT2D eigenvalue weighted by molar-refractivity contribution is 14.0. The van der Waals surface area contributed by atoms with E-state index >= 15 is 0 Å². The van der Waals surface area contributed by atoms with Gasteiger partial charge in [0.1, 0.15) is 0 Å². The van der Waals surface area contributed by atoms with Gasteiger partial charge in [0, 0.05) is 25.6 Å². The fourth-order valence-corrected chi connectivity index (χ4v) is 3.12. The zero-order valence-electron chi connectivity index (χ0n) is 15.8. The van der Waals surface area contributed by atoms with Crippen molar-refractivity contribution in [3.8, 4) is 0 Å². The van der Waals surface area contributed by atoms with Gasteiger partial charge in [0.05, 0.1) is 7.11 Å². The molecule has 0 amide bonds. The van der Waals surface area contributed by atoms with Crippen LogP contribution in [0.1, 0.15) is 65.7 Å². The fraction of sp³-hybridized carbons (Fsp3) is 0.889. The van der Waals surface area contributed by atoms with Gasteiger partial charge >= 0.3 is 5.97 Å². The Kier molecular flexibility index (Phi) is 13.4. The summed E-state index contributed by atoms with van der Waals surface area (Å²) >= 11 is 0. The van der Waals surface area contributed by atoms with Crippen molar-refractivity contribution in [3.63, 3.8) is 0 Å². The minimum absolute atomic E-state index is 0. The van der Waals surface area contributed by atoms with Gasteiger partial charge in [-0.05, 0) is 57.3 Å². The van der Waals surface area contributed by atoms with Crippen LogP contribution in [0.5, 0.6) is 0 Å². The van der Waals surface area contributed by atoms with Gasteiger partial charge in [0.25, 0.3) is 0 Å². The summed E-state index contributed by atoms with van der Waals surface area (Å²) in [6, 6.07) is 0.540. The number of aliphatic imine (C=N–C) groups is 1. The van der Waals surface area contributed by atoms with E-state index in [0.29, 0.717) is 12.5 Å². The standard InChI is InChI=1S/C18H35N3O2.HI/c1-5-19-18(20-13-7-6-8-17(22)23-4)21-16-11-9-15(10-12-16)14(2)3;/h14-16H,5-13H2,1-4H3,(H2,19,20,21);1H. The third kappa shape index (κ3) is 9.69. The van der Waals surface area contributed by atoms with Crippen molar-refractivity contribution in [1.29, 1.82) is 0 Å². The van der Waals surface area contributed by atoms with Crippen LogP contribution in [0, 0.1) is 11.8 Å². The van der Waals surface area contributed by atoms with E-state index in [2.05, 4.69) is 41.1 Å². The number of nitrogens with zero attached hydrogens (tertiary/aromatic N) is 1. The number of rotatable bonds is 8. The molecule has 0 unspecified atom stereocenters. The molecule has 0 aliphatic heterocycles. The summed E-state index contributed by atoms with van der Waals surface area (Å²) in [5.74, 6) is 2.46. The summed E-state index contributed by atoms with van der Waals surface area (Å²) in [5, 5.41) is 6.90. The van der Waals surface area contributed by atoms with Crippen molar-refractivity contribution in [2.75, 3.05) is 20.2 Å². The number of methoxy groups -OCH3 is 1. The number of unbranched alkanes of at least 4 members (excludes halogenated alkanes) is 1. The van der Waals surface area contributed by atoms with Crippen LogP contribution in [-0.4, -0.2) is 38.2 Å². The molecule has 0 heterocycles. The highest BCUT2D eigenvalue weighted by Gasteiger charge is 2.23. The SMILES string of the molecule is CCNC(=NCCCCC(=O)OC)NC1CCC(C(C)C)CC1.I. The summed E-state index contributed by atoms with van der Waals surface area (Å²) in [6.07, 6.45) is 7.31. The van der Waals surface area contributed by atoms with E-state index in [1.807, 2.05) is 0 Å². The number of hydrogen-bond donors (Lipinski definition) is 2. The lowest BCUT2D eigenvalue weighted by Gasteiger charge is -2.32. The van der Waals surface area contributed by atoms with Gasteiger partial charge in [0.15, 0.2) is 5.96 Å². The Hall–Kier alpha value is -0.530. The molecule has 0 aromatic rings. The number of ether oxygens (including phenoxy) is 1. The molecule has 0 atom stereocenters. The molecule has 1 fully saturated rings. The quantitative estimate of drug-likeness (QED) is 0.193. The number of carbonyl (C=O) groups excluding carboxylic acids is 1. The molecule has 0 aromatic heterocycles. The molecule has 0 saturated heterocycles. The van der Waals surface area contributed by atoms with E-state index in [1.165, 1.54) is 32.8 Å². The molecule has 0 aromatic carbocycles. The fourth-order valence-electron chi connectivity index (χ4n) is 3.12. The second-order valence-corrected chi connectivity index (χ2v) is 6.79. The van der Waals surface area contributed by atoms with Crippen molar-refractivity contribution < 1.29 is 9.53 Å². The zero-order chi connectivity index (χ0) is 17.1. The summed E-state index contributed by atoms with van der Waals surface area (Å²) in [5.41, 5.74) is 0. The molecule has 0 spiro atoms. The molecule has 0 bridgehead atoms. The lowest BCUT2D eigenvalue weighted by atomic mass is 9.80. The predicted molar refractivity (Wildman–Crippen MR) is 111 cm³/mol. The molecule has 6 heteroatoms. The molecule has 2 N–H and O–H groups in total. The smallest absolute Gasteiger partial charge is 0.305 e. The number of nitrogens with one attached hydrogen (secondary N) is 2. The second kappa shape index (κ2) is 13.7. The first kappa shape index (κ1) is 23.5. The summed E-state index contributed by atoms with van der Waals surface area (Å²) in [7, 11) is 1.43. The molecule has 142 valence electrons. The van der Waals surface area contributed by atoms with Crippen LogP contribution in [0.15, 0.2) is 4.99 Å². The van der Waals surface area contributed by atoms with Gasteiger partial charge in [-0.25, -0.2) is 0 Å². The Morgan fingerprint density at radius 1 is 1.21 bits per heavy atom. The topological polar surface area (TPSA) is 62.7 Å². The largest absolute Gasteiger partial charge is 0.469 e. The molecule has 24 heavy (non-hydrogen) atoms. The Balaban J connectivity index is 0.00000529. The number of hydrogen-bond acceptors (Lipinski definition) is 3. The monoisotopic (exact) mass is 453 g/mol. The van der Waals surface area contributed by atoms with Gasteiger partial charge in [-0.2, -0.15) is 0 Å². The summed E-state index contributed by atoms with van der Waals surface area (Å²) in [4.78, 5) is 15.7. The first-order chi connectivity index (χ1) is 11.1. The number of carbonyl (C=O) groups is 1. The first-order valence-electron chi connectivity index (χ1n) is 9.18. The molecule has 5 nitrogen and oxygen atoms in total. The van der Waals surface area contributed by atoms with E-state index in [1.54, 1.807) is 0 Å². The molecule has 1 rings (SSSR count). The molecule has 0 radical (unpaired) electrons. The van der Waals surface area contributed by atoms with Crippen LogP contribution in [0.25, 0.3) is 0 Å². The van der Waals surface area contributed by atoms with Crippen molar-refractivity contribution in [3.05, 3.63) is 0 Å².